The molecule has 4 aromatic rings. The first-order valence-corrected chi connectivity index (χ1v) is 25.2. The molecule has 0 bridgehead atoms. The van der Waals surface area contributed by atoms with Crippen molar-refractivity contribution in [2.75, 3.05) is 62.6 Å². The number of carbonyl (C=O) groups excluding carboxylic acids is 4. The van der Waals surface area contributed by atoms with Gasteiger partial charge in [-0.3, -0.25) is 24.1 Å². The van der Waals surface area contributed by atoms with E-state index in [4.69, 9.17) is 31.2 Å². The quantitative estimate of drug-likeness (QED) is 0.0494. The molecule has 3 atom stereocenters. The highest BCUT2D eigenvalue weighted by atomic mass is 32.1. The van der Waals surface area contributed by atoms with E-state index in [0.29, 0.717) is 37.9 Å². The number of thiocarbonyl (C=S) groups is 1. The third-order valence-corrected chi connectivity index (χ3v) is 13.7. The van der Waals surface area contributed by atoms with E-state index in [0.717, 1.165) is 58.0 Å². The van der Waals surface area contributed by atoms with Crippen LogP contribution in [-0.2, 0) is 46.1 Å². The monoisotopic (exact) mass is 1050 g/mol. The predicted molar refractivity (Wildman–Crippen MR) is 273 cm³/mol. The molecule has 3 heterocycles. The van der Waals surface area contributed by atoms with Crippen molar-refractivity contribution < 1.29 is 56.4 Å². The van der Waals surface area contributed by atoms with Crippen molar-refractivity contribution >= 4 is 63.7 Å². The van der Waals surface area contributed by atoms with Crippen molar-refractivity contribution in [1.82, 2.24) is 20.5 Å². The maximum Gasteiger partial charge on any atom is 0.417 e. The fraction of sp³-hybridized carbons (Fsp3) is 0.481. The highest BCUT2D eigenvalue weighted by Crippen LogP contribution is 2.40. The first-order chi connectivity index (χ1) is 34.6. The lowest BCUT2D eigenvalue weighted by molar-refractivity contribution is -0.144. The number of hydrogen-bond acceptors (Lipinski definition) is 13. The fourth-order valence-corrected chi connectivity index (χ4v) is 9.75. The van der Waals surface area contributed by atoms with Gasteiger partial charge in [0.1, 0.15) is 30.0 Å². The molecule has 0 aliphatic carbocycles. The summed E-state index contributed by atoms with van der Waals surface area (Å²) in [4.78, 5) is 63.2. The number of halogens is 3. The number of ether oxygens (including phenoxy) is 4. The Labute approximate surface area is 432 Å². The van der Waals surface area contributed by atoms with Crippen LogP contribution in [0, 0.1) is 23.7 Å². The molecule has 1 aromatic heterocycles. The normalized spacial score (nSPS) is 17.2. The molecular formula is C52H62F3N7O9S2. The smallest absolute Gasteiger partial charge is 0.417 e. The summed E-state index contributed by atoms with van der Waals surface area (Å²) >= 11 is 7.18. The zero-order valence-electron chi connectivity index (χ0n) is 41.8. The molecule has 21 heteroatoms. The minimum absolute atomic E-state index is 0.00168. The molecule has 0 spiro atoms. The molecule has 73 heavy (non-hydrogen) atoms. The van der Waals surface area contributed by atoms with Crippen molar-refractivity contribution in [2.45, 2.75) is 104 Å². The number of nitrogens with zero attached hydrogens (tertiary/aromatic N) is 5. The maximum atomic E-state index is 13.9. The second-order valence-corrected chi connectivity index (χ2v) is 20.5. The average molecular weight is 1050 g/mol. The minimum atomic E-state index is -4.80. The fourth-order valence-electron chi connectivity index (χ4n) is 8.41. The first kappa shape index (κ1) is 56.3. The second-order valence-electron chi connectivity index (χ2n) is 19.3. The Morgan fingerprint density at radius 1 is 0.932 bits per heavy atom. The molecule has 6 rings (SSSR count). The number of amides is 4. The molecule has 0 saturated carbocycles. The maximum absolute atomic E-state index is 13.9. The number of thiazole rings is 1. The molecule has 4 amide bonds. The number of likely N-dealkylation sites (tertiary alicyclic amines) is 1. The van der Waals surface area contributed by atoms with Crippen LogP contribution >= 0.6 is 23.6 Å². The number of aromatic nitrogens is 1. The van der Waals surface area contributed by atoms with E-state index in [1.807, 2.05) is 52.0 Å². The molecule has 2 saturated heterocycles. The molecule has 16 nitrogen and oxygen atoms in total. The Kier molecular flexibility index (Phi) is 19.1. The summed E-state index contributed by atoms with van der Waals surface area (Å²) in [5.41, 5.74) is 1.49. The Bertz CT molecular complexity index is 2620. The van der Waals surface area contributed by atoms with E-state index >= 15 is 0 Å². The summed E-state index contributed by atoms with van der Waals surface area (Å²) in [5.74, 6) is -1.28. The molecule has 3 N–H and O–H groups in total. The van der Waals surface area contributed by atoms with Crippen LogP contribution in [0.15, 0.2) is 72.2 Å². The number of aliphatic hydroxyl groups is 1. The first-order valence-electron chi connectivity index (χ1n) is 23.9. The van der Waals surface area contributed by atoms with Gasteiger partial charge in [0.05, 0.1) is 78.1 Å². The van der Waals surface area contributed by atoms with E-state index in [2.05, 4.69) is 15.6 Å². The Morgan fingerprint density at radius 3 is 2.21 bits per heavy atom. The van der Waals surface area contributed by atoms with E-state index in [1.54, 1.807) is 65.9 Å². The lowest BCUT2D eigenvalue weighted by Crippen LogP contribution is -2.58. The highest BCUT2D eigenvalue weighted by molar-refractivity contribution is 7.81. The van der Waals surface area contributed by atoms with Crippen molar-refractivity contribution in [3.8, 4) is 22.3 Å². The van der Waals surface area contributed by atoms with Crippen LogP contribution in [0.1, 0.15) is 82.7 Å². The highest BCUT2D eigenvalue weighted by Gasteiger charge is 2.51. The molecule has 0 radical (unpaired) electrons. The van der Waals surface area contributed by atoms with E-state index in [-0.39, 0.29) is 56.0 Å². The number of rotatable bonds is 23. The molecule has 0 unspecified atom stereocenters. The van der Waals surface area contributed by atoms with Gasteiger partial charge >= 0.3 is 6.18 Å². The number of nitriles is 1. The van der Waals surface area contributed by atoms with Gasteiger partial charge in [0.25, 0.3) is 5.91 Å². The van der Waals surface area contributed by atoms with E-state index < -0.39 is 64.2 Å². The van der Waals surface area contributed by atoms with Crippen molar-refractivity contribution in [2.24, 2.45) is 5.41 Å². The summed E-state index contributed by atoms with van der Waals surface area (Å²) in [6, 6.07) is 17.4. The van der Waals surface area contributed by atoms with Gasteiger partial charge in [-0.05, 0) is 111 Å². The number of alkyl halides is 3. The van der Waals surface area contributed by atoms with Crippen LogP contribution in [0.4, 0.5) is 24.5 Å². The zero-order valence-corrected chi connectivity index (χ0v) is 43.4. The summed E-state index contributed by atoms with van der Waals surface area (Å²) in [6.45, 7) is 12.6. The largest absolute Gasteiger partial charge is 0.494 e. The van der Waals surface area contributed by atoms with Gasteiger partial charge in [-0.15, -0.1) is 11.3 Å². The standard InChI is InChI=1S/C52H62F3N7O9S2/c1-33-44(73-32-58-33)35-12-10-34(11-13-35)29-57-46(65)42-27-39(63)30-60(42)47(66)45(50(2,3)4)59-43(64)31-70-25-24-69-23-22-68-20-8-7-9-21-71-40-18-16-37(17-19-40)62-49(72)61(48(67)51(62,5)6)38-15-14-36(28-56)41(26-38)52(53,54)55/h10-19,26,32,39,42,45,63H,7-9,20-25,27,29-31H2,1-6H3,(H,57,65)(H,59,64)/t39-,42+,45-/m1/s1. The van der Waals surface area contributed by atoms with E-state index in [1.165, 1.54) is 11.0 Å². The number of aryl methyl sites for hydroxylation is 1. The lowest BCUT2D eigenvalue weighted by Gasteiger charge is -2.35. The van der Waals surface area contributed by atoms with Crippen molar-refractivity contribution in [3.05, 3.63) is 94.6 Å². The Hall–Kier alpha value is -6.02. The van der Waals surface area contributed by atoms with Gasteiger partial charge in [-0.1, -0.05) is 45.0 Å². The molecule has 2 aliphatic heterocycles. The molecule has 3 aromatic carbocycles. The number of β-amino-alcohol motifs (C(OH)–C–C–N with tert-alkyl or cyclic N) is 1. The third kappa shape index (κ3) is 14.4. The molecule has 2 fully saturated rings. The van der Waals surface area contributed by atoms with Crippen LogP contribution in [0.2, 0.25) is 0 Å². The number of nitrogens with one attached hydrogen (secondary N) is 2. The topological polar surface area (TPSA) is 196 Å². The number of anilines is 2. The lowest BCUT2D eigenvalue weighted by atomic mass is 9.85. The molecule has 2 aliphatic rings. The second kappa shape index (κ2) is 24.8. The minimum Gasteiger partial charge on any atom is -0.494 e. The number of benzene rings is 3. The molecule has 392 valence electrons. The van der Waals surface area contributed by atoms with Gasteiger partial charge in [0.2, 0.25) is 17.7 Å². The van der Waals surface area contributed by atoms with Gasteiger partial charge in [0.15, 0.2) is 5.11 Å². The Morgan fingerprint density at radius 2 is 1.58 bits per heavy atom. The zero-order chi connectivity index (χ0) is 53.1. The number of carbonyl (C=O) groups is 4. The molecular weight excluding hydrogens is 988 g/mol. The van der Waals surface area contributed by atoms with Crippen LogP contribution in [0.5, 0.6) is 5.75 Å². The van der Waals surface area contributed by atoms with Gasteiger partial charge in [-0.25, -0.2) is 4.98 Å². The van der Waals surface area contributed by atoms with Gasteiger partial charge < -0.3 is 44.5 Å². The third-order valence-electron chi connectivity index (χ3n) is 12.3. The van der Waals surface area contributed by atoms with Gasteiger partial charge in [0, 0.05) is 31.8 Å². The van der Waals surface area contributed by atoms with Crippen LogP contribution in [0.3, 0.4) is 0 Å². The summed E-state index contributed by atoms with van der Waals surface area (Å²) in [6.07, 6.45) is -3.20. The van der Waals surface area contributed by atoms with Crippen molar-refractivity contribution in [1.29, 1.82) is 5.26 Å². The predicted octanol–water partition coefficient (Wildman–Crippen LogP) is 7.33. The number of unbranched alkanes of at least 4 members (excludes halogenated alkanes) is 2. The average Bonchev–Trinajstić information content (AvgIpc) is 4.01. The number of hydrogen-bond donors (Lipinski definition) is 3. The summed E-state index contributed by atoms with van der Waals surface area (Å²) in [5, 5.41) is 25.4. The van der Waals surface area contributed by atoms with Gasteiger partial charge in [-0.2, -0.15) is 18.4 Å². The summed E-state index contributed by atoms with van der Waals surface area (Å²) < 4.78 is 63.8. The van der Waals surface area contributed by atoms with E-state index in [9.17, 15) is 42.7 Å². The van der Waals surface area contributed by atoms with Crippen LogP contribution in [0.25, 0.3) is 10.4 Å². The van der Waals surface area contributed by atoms with Crippen molar-refractivity contribution in [3.63, 3.8) is 0 Å². The number of aliphatic hydroxyl groups excluding tert-OH is 1. The Balaban J connectivity index is 0.822. The summed E-state index contributed by atoms with van der Waals surface area (Å²) in [7, 11) is 0. The van der Waals surface area contributed by atoms with Crippen LogP contribution in [-0.4, -0.2) is 120 Å². The SMILES string of the molecule is Cc1ncsc1-c1ccc(CNC(=O)[C@@H]2C[C@@H](O)CN2C(=O)[C@@H](NC(=O)COCCOCCOCCCCCOc2ccc(N3C(=S)N(c4ccc(C#N)c(C(F)(F)F)c4)C(=O)C3(C)C)cc2)C(C)(C)C)cc1. The van der Waals surface area contributed by atoms with Crippen LogP contribution < -0.4 is 25.2 Å².